The first-order valence-electron chi connectivity index (χ1n) is 10.5. The largest absolute Gasteiger partial charge is 0.356 e. The number of Topliss-reactive ketones (excluding diaryl/α,β-unsaturated/α-hetero) is 1. The zero-order valence-electron chi connectivity index (χ0n) is 18.5. The van der Waals surface area contributed by atoms with Crippen molar-refractivity contribution in [3.63, 3.8) is 0 Å². The van der Waals surface area contributed by atoms with E-state index in [9.17, 15) is 19.2 Å². The lowest BCUT2D eigenvalue weighted by Gasteiger charge is -2.24. The molecule has 8 heteroatoms. The summed E-state index contributed by atoms with van der Waals surface area (Å²) in [5, 5.41) is 8.57. The van der Waals surface area contributed by atoms with E-state index in [4.69, 9.17) is 0 Å². The zero-order chi connectivity index (χ0) is 22.4. The average Bonchev–Trinajstić information content (AvgIpc) is 2.61. The lowest BCUT2D eigenvalue weighted by molar-refractivity contribution is -0.131. The summed E-state index contributed by atoms with van der Waals surface area (Å²) in [5.74, 6) is -0.117. The molecule has 0 aliphatic rings. The van der Waals surface area contributed by atoms with E-state index in [0.29, 0.717) is 32.2 Å². The molecule has 0 aromatic carbocycles. The number of ketones is 1. The summed E-state index contributed by atoms with van der Waals surface area (Å²) in [4.78, 5) is 48.0. The van der Waals surface area contributed by atoms with E-state index < -0.39 is 12.1 Å². The van der Waals surface area contributed by atoms with Crippen LogP contribution in [-0.2, 0) is 19.2 Å². The third-order valence-corrected chi connectivity index (χ3v) is 4.91. The molecule has 0 bridgehead atoms. The molecule has 0 aromatic rings. The van der Waals surface area contributed by atoms with Crippen molar-refractivity contribution in [3.05, 3.63) is 0 Å². The quantitative estimate of drug-likeness (QED) is 0.250. The Balaban J connectivity index is 4.68. The molecule has 0 saturated carbocycles. The molecule has 29 heavy (non-hydrogen) atoms. The Bertz CT molecular complexity index is 538. The van der Waals surface area contributed by atoms with Crippen LogP contribution in [0, 0.1) is 11.8 Å². The van der Waals surface area contributed by atoms with Gasteiger partial charge in [-0.3, -0.25) is 19.2 Å². The number of nitrogens with one attached hydrogen (secondary N) is 3. The fraction of sp³-hybridized carbons (Fsp3) is 0.810. The minimum atomic E-state index is -0.653. The fourth-order valence-electron chi connectivity index (χ4n) is 2.93. The molecular formula is C21H38BrN3O4. The predicted molar refractivity (Wildman–Crippen MR) is 119 cm³/mol. The second-order valence-corrected chi connectivity index (χ2v) is 8.89. The van der Waals surface area contributed by atoms with Crippen LogP contribution >= 0.6 is 15.9 Å². The maximum atomic E-state index is 12.8. The zero-order valence-corrected chi connectivity index (χ0v) is 20.1. The number of halogens is 1. The number of amides is 3. The summed E-state index contributed by atoms with van der Waals surface area (Å²) in [6.45, 7) is 10.1. The van der Waals surface area contributed by atoms with E-state index in [0.717, 1.165) is 12.8 Å². The van der Waals surface area contributed by atoms with Gasteiger partial charge in [0.15, 0.2) is 5.78 Å². The van der Waals surface area contributed by atoms with Crippen molar-refractivity contribution < 1.29 is 19.2 Å². The number of carbonyl (C=O) groups is 4. The number of rotatable bonds is 15. The van der Waals surface area contributed by atoms with Crippen LogP contribution in [0.25, 0.3) is 0 Å². The Morgan fingerprint density at radius 2 is 1.41 bits per heavy atom. The average molecular weight is 476 g/mol. The molecule has 3 N–H and O–H groups in total. The normalized spacial score (nSPS) is 13.1. The second-order valence-electron chi connectivity index (χ2n) is 8.33. The van der Waals surface area contributed by atoms with E-state index in [1.165, 1.54) is 6.92 Å². The van der Waals surface area contributed by atoms with Gasteiger partial charge in [-0.05, 0) is 37.5 Å². The molecule has 0 fully saturated rings. The second kappa shape index (κ2) is 15.4. The molecule has 7 nitrogen and oxygen atoms in total. The molecule has 168 valence electrons. The number of hydrogen-bond acceptors (Lipinski definition) is 4. The molecule has 0 aliphatic carbocycles. The van der Waals surface area contributed by atoms with Crippen LogP contribution in [0.3, 0.4) is 0 Å². The number of carbonyl (C=O) groups excluding carboxylic acids is 4. The first-order chi connectivity index (χ1) is 13.6. The maximum Gasteiger partial charge on any atom is 0.243 e. The molecule has 0 saturated heterocycles. The Kier molecular flexibility index (Phi) is 14.6. The van der Waals surface area contributed by atoms with Gasteiger partial charge < -0.3 is 16.0 Å². The van der Waals surface area contributed by atoms with Gasteiger partial charge >= 0.3 is 0 Å². The first-order valence-corrected chi connectivity index (χ1v) is 11.6. The molecule has 0 aromatic heterocycles. The molecule has 0 spiro atoms. The third kappa shape index (κ3) is 14.2. The van der Waals surface area contributed by atoms with Crippen LogP contribution in [0.5, 0.6) is 0 Å². The molecule has 0 rings (SSSR count). The van der Waals surface area contributed by atoms with Crippen molar-refractivity contribution in [1.82, 2.24) is 16.0 Å². The van der Waals surface area contributed by atoms with Crippen LogP contribution < -0.4 is 16.0 Å². The summed E-state index contributed by atoms with van der Waals surface area (Å²) >= 11 is 3.17. The third-order valence-electron chi connectivity index (χ3n) is 4.36. The van der Waals surface area contributed by atoms with Crippen LogP contribution in [0.15, 0.2) is 0 Å². The van der Waals surface area contributed by atoms with Gasteiger partial charge in [-0.1, -0.05) is 50.0 Å². The van der Waals surface area contributed by atoms with Gasteiger partial charge in [0.05, 0.1) is 11.4 Å². The first kappa shape index (κ1) is 27.6. The van der Waals surface area contributed by atoms with Crippen LogP contribution in [0.4, 0.5) is 0 Å². The van der Waals surface area contributed by atoms with Gasteiger partial charge in [-0.2, -0.15) is 0 Å². The van der Waals surface area contributed by atoms with Crippen molar-refractivity contribution in [3.8, 4) is 0 Å². The molecule has 2 atom stereocenters. The lowest BCUT2D eigenvalue weighted by atomic mass is 9.98. The van der Waals surface area contributed by atoms with Gasteiger partial charge in [0.2, 0.25) is 17.7 Å². The lowest BCUT2D eigenvalue weighted by Crippen LogP contribution is -2.52. The van der Waals surface area contributed by atoms with E-state index in [-0.39, 0.29) is 40.7 Å². The smallest absolute Gasteiger partial charge is 0.243 e. The Morgan fingerprint density at radius 1 is 0.828 bits per heavy atom. The standard InChI is InChI=1S/C21H38BrN3O4/c1-14(2)11-17(19(27)13-22)25-21(29)18(12-15(3)4)24-20(28)9-7-6-8-10-23-16(5)26/h14-15,17-18H,6-13H2,1-5H3,(H,23,26)(H,24,28)(H,25,29)/t17-,18-/m0/s1. The van der Waals surface area contributed by atoms with Crippen molar-refractivity contribution in [2.24, 2.45) is 11.8 Å². The van der Waals surface area contributed by atoms with E-state index >= 15 is 0 Å². The SMILES string of the molecule is CC(=O)NCCCCCC(=O)N[C@@H](CC(C)C)C(=O)N[C@@H](CC(C)C)C(=O)CBr. The van der Waals surface area contributed by atoms with Gasteiger partial charge in [-0.15, -0.1) is 0 Å². The molecule has 0 heterocycles. The Hall–Kier alpha value is -1.44. The minimum Gasteiger partial charge on any atom is -0.356 e. The Morgan fingerprint density at radius 3 is 1.93 bits per heavy atom. The molecule has 0 aliphatic heterocycles. The predicted octanol–water partition coefficient (Wildman–Crippen LogP) is 2.71. The highest BCUT2D eigenvalue weighted by atomic mass is 79.9. The van der Waals surface area contributed by atoms with Crippen molar-refractivity contribution >= 4 is 39.4 Å². The number of alkyl halides is 1. The highest BCUT2D eigenvalue weighted by Gasteiger charge is 2.27. The molecular weight excluding hydrogens is 438 g/mol. The minimum absolute atomic E-state index is 0.0561. The van der Waals surface area contributed by atoms with Crippen molar-refractivity contribution in [2.75, 3.05) is 11.9 Å². The maximum absolute atomic E-state index is 12.8. The highest BCUT2D eigenvalue weighted by Crippen LogP contribution is 2.10. The van der Waals surface area contributed by atoms with Crippen LogP contribution in [0.1, 0.15) is 73.1 Å². The number of hydrogen-bond donors (Lipinski definition) is 3. The summed E-state index contributed by atoms with van der Waals surface area (Å²) in [6.07, 6.45) is 3.74. The molecule has 3 amide bonds. The summed E-state index contributed by atoms with van der Waals surface area (Å²) in [5.41, 5.74) is 0. The Labute approximate surface area is 183 Å². The van der Waals surface area contributed by atoms with Gasteiger partial charge in [0, 0.05) is 19.9 Å². The molecule has 0 radical (unpaired) electrons. The summed E-state index contributed by atoms with van der Waals surface area (Å²) in [6, 6.07) is -1.21. The van der Waals surface area contributed by atoms with Crippen molar-refractivity contribution in [2.45, 2.75) is 85.2 Å². The van der Waals surface area contributed by atoms with E-state index in [1.807, 2.05) is 27.7 Å². The molecule has 0 unspecified atom stereocenters. The van der Waals surface area contributed by atoms with Crippen molar-refractivity contribution in [1.29, 1.82) is 0 Å². The summed E-state index contributed by atoms with van der Waals surface area (Å²) in [7, 11) is 0. The summed E-state index contributed by atoms with van der Waals surface area (Å²) < 4.78 is 0. The highest BCUT2D eigenvalue weighted by molar-refractivity contribution is 9.09. The topological polar surface area (TPSA) is 104 Å². The van der Waals surface area contributed by atoms with E-state index in [1.54, 1.807) is 0 Å². The van der Waals surface area contributed by atoms with E-state index in [2.05, 4.69) is 31.9 Å². The fourth-order valence-corrected chi connectivity index (χ4v) is 3.32. The van der Waals surface area contributed by atoms with Crippen LogP contribution in [0.2, 0.25) is 0 Å². The van der Waals surface area contributed by atoms with Gasteiger partial charge in [0.25, 0.3) is 0 Å². The van der Waals surface area contributed by atoms with Gasteiger partial charge in [0.1, 0.15) is 6.04 Å². The number of unbranched alkanes of at least 4 members (excludes halogenated alkanes) is 2. The van der Waals surface area contributed by atoms with Crippen LogP contribution in [-0.4, -0.2) is 47.5 Å². The monoisotopic (exact) mass is 475 g/mol. The van der Waals surface area contributed by atoms with Gasteiger partial charge in [-0.25, -0.2) is 0 Å².